The van der Waals surface area contributed by atoms with Gasteiger partial charge in [0.2, 0.25) is 0 Å². The molecule has 0 N–H and O–H groups in total. The van der Waals surface area contributed by atoms with Crippen LogP contribution < -0.4 is 0 Å². The zero-order valence-electron chi connectivity index (χ0n) is 14.3. The summed E-state index contributed by atoms with van der Waals surface area (Å²) in [5.74, 6) is 1.03. The van der Waals surface area contributed by atoms with Crippen LogP contribution in [0, 0.1) is 11.3 Å². The standard InChI is InChI=1S/C10H19N.C8H17N/c1-9-7-10(8-9)3-5-11(2)6-4-10;1-8(2)9-6-4-3-5-7-9/h9H,3-8H2,1-2H3;8H,3-7H2,1-2H3. The Labute approximate surface area is 126 Å². The SMILES string of the molecule is CC(C)N1CCCCC1.CC1CC2(CCN(C)CC2)C1. The molecule has 2 saturated heterocycles. The Morgan fingerprint density at radius 2 is 1.45 bits per heavy atom. The van der Waals surface area contributed by atoms with Gasteiger partial charge in [-0.2, -0.15) is 0 Å². The van der Waals surface area contributed by atoms with Gasteiger partial charge in [-0.1, -0.05) is 13.3 Å². The van der Waals surface area contributed by atoms with Crippen molar-refractivity contribution in [1.29, 1.82) is 0 Å². The fraction of sp³-hybridized carbons (Fsp3) is 1.00. The number of hydrogen-bond acceptors (Lipinski definition) is 2. The summed E-state index contributed by atoms with van der Waals surface area (Å²) >= 11 is 0. The highest BCUT2D eigenvalue weighted by atomic mass is 15.1. The summed E-state index contributed by atoms with van der Waals surface area (Å²) in [5.41, 5.74) is 0.811. The fourth-order valence-corrected chi connectivity index (χ4v) is 4.35. The second-order valence-corrected chi connectivity index (χ2v) is 8.01. The molecule has 2 heterocycles. The molecule has 1 aliphatic carbocycles. The largest absolute Gasteiger partial charge is 0.306 e. The van der Waals surface area contributed by atoms with Gasteiger partial charge in [0.25, 0.3) is 0 Å². The maximum absolute atomic E-state index is 2.56. The molecule has 0 bridgehead atoms. The van der Waals surface area contributed by atoms with E-state index in [9.17, 15) is 0 Å². The molecule has 0 radical (unpaired) electrons. The van der Waals surface area contributed by atoms with Crippen LogP contribution in [0.5, 0.6) is 0 Å². The molecule has 2 heteroatoms. The Morgan fingerprint density at radius 1 is 0.900 bits per heavy atom. The minimum absolute atomic E-state index is 0.769. The molecule has 1 saturated carbocycles. The summed E-state index contributed by atoms with van der Waals surface area (Å²) in [4.78, 5) is 5.03. The highest BCUT2D eigenvalue weighted by Crippen LogP contribution is 2.51. The van der Waals surface area contributed by atoms with Gasteiger partial charge in [-0.25, -0.2) is 0 Å². The van der Waals surface area contributed by atoms with E-state index in [-0.39, 0.29) is 0 Å². The molecule has 3 rings (SSSR count). The van der Waals surface area contributed by atoms with Crippen LogP contribution in [0.15, 0.2) is 0 Å². The van der Waals surface area contributed by atoms with Gasteiger partial charge in [0, 0.05) is 6.04 Å². The first-order chi connectivity index (χ1) is 9.51. The molecule has 20 heavy (non-hydrogen) atoms. The Morgan fingerprint density at radius 3 is 1.85 bits per heavy atom. The molecular formula is C18H36N2. The molecule has 0 atom stereocenters. The summed E-state index contributed by atoms with van der Waals surface area (Å²) in [6.07, 6.45) is 10.2. The van der Waals surface area contributed by atoms with Gasteiger partial charge in [0.05, 0.1) is 0 Å². The normalized spacial score (nSPS) is 28.1. The van der Waals surface area contributed by atoms with Crippen LogP contribution in [-0.4, -0.2) is 49.1 Å². The van der Waals surface area contributed by atoms with Crippen molar-refractivity contribution in [3.05, 3.63) is 0 Å². The lowest BCUT2D eigenvalue weighted by molar-refractivity contribution is 0.000967. The topological polar surface area (TPSA) is 6.48 Å². The van der Waals surface area contributed by atoms with Crippen LogP contribution >= 0.6 is 0 Å². The maximum Gasteiger partial charge on any atom is 0.00385 e. The van der Waals surface area contributed by atoms with Gasteiger partial charge in [-0.05, 0) is 96.9 Å². The zero-order valence-corrected chi connectivity index (χ0v) is 14.3. The molecular weight excluding hydrogens is 244 g/mol. The van der Waals surface area contributed by atoms with Crippen LogP contribution in [0.4, 0.5) is 0 Å². The second kappa shape index (κ2) is 7.26. The molecule has 0 aromatic carbocycles. The molecule has 0 aromatic rings. The Hall–Kier alpha value is -0.0800. The van der Waals surface area contributed by atoms with Crippen LogP contribution in [0.1, 0.15) is 65.7 Å². The van der Waals surface area contributed by atoms with Crippen molar-refractivity contribution in [3.63, 3.8) is 0 Å². The lowest BCUT2D eigenvalue weighted by Gasteiger charge is -2.51. The van der Waals surface area contributed by atoms with Crippen LogP contribution in [0.25, 0.3) is 0 Å². The third kappa shape index (κ3) is 4.46. The summed E-state index contributed by atoms with van der Waals surface area (Å²) in [6, 6.07) is 0.769. The first-order valence-corrected chi connectivity index (χ1v) is 8.93. The van der Waals surface area contributed by atoms with Crippen molar-refractivity contribution in [2.45, 2.75) is 71.8 Å². The predicted octanol–water partition coefficient (Wildman–Crippen LogP) is 4.01. The van der Waals surface area contributed by atoms with Gasteiger partial charge in [-0.3, -0.25) is 0 Å². The minimum atomic E-state index is 0.769. The lowest BCUT2D eigenvalue weighted by atomic mass is 9.58. The van der Waals surface area contributed by atoms with Gasteiger partial charge >= 0.3 is 0 Å². The molecule has 1 spiro atoms. The van der Waals surface area contributed by atoms with E-state index in [2.05, 4.69) is 37.6 Å². The Balaban J connectivity index is 0.000000151. The van der Waals surface area contributed by atoms with E-state index >= 15 is 0 Å². The Bertz CT molecular complexity index is 265. The molecule has 2 aliphatic heterocycles. The quantitative estimate of drug-likeness (QED) is 0.716. The molecule has 118 valence electrons. The van der Waals surface area contributed by atoms with Gasteiger partial charge in [0.1, 0.15) is 0 Å². The van der Waals surface area contributed by atoms with Gasteiger partial charge in [0.15, 0.2) is 0 Å². The van der Waals surface area contributed by atoms with Crippen molar-refractivity contribution in [2.75, 3.05) is 33.2 Å². The predicted molar refractivity (Wildman–Crippen MR) is 88.1 cm³/mol. The molecule has 3 aliphatic rings. The number of nitrogens with zero attached hydrogens (tertiary/aromatic N) is 2. The van der Waals surface area contributed by atoms with Crippen molar-refractivity contribution in [2.24, 2.45) is 11.3 Å². The summed E-state index contributed by atoms with van der Waals surface area (Å²) in [5, 5.41) is 0. The van der Waals surface area contributed by atoms with Crippen molar-refractivity contribution >= 4 is 0 Å². The van der Waals surface area contributed by atoms with E-state index in [1.165, 1.54) is 71.1 Å². The van der Waals surface area contributed by atoms with Crippen LogP contribution in [0.3, 0.4) is 0 Å². The van der Waals surface area contributed by atoms with E-state index in [0.29, 0.717) is 0 Å². The van der Waals surface area contributed by atoms with Crippen molar-refractivity contribution < 1.29 is 0 Å². The van der Waals surface area contributed by atoms with Gasteiger partial charge < -0.3 is 9.80 Å². The lowest BCUT2D eigenvalue weighted by Crippen LogP contribution is -2.45. The van der Waals surface area contributed by atoms with Crippen molar-refractivity contribution in [3.8, 4) is 0 Å². The monoisotopic (exact) mass is 280 g/mol. The van der Waals surface area contributed by atoms with E-state index in [1.807, 2.05) is 0 Å². The van der Waals surface area contributed by atoms with Crippen LogP contribution in [-0.2, 0) is 0 Å². The zero-order chi connectivity index (χ0) is 14.6. The summed E-state index contributed by atoms with van der Waals surface area (Å²) in [7, 11) is 2.24. The highest BCUT2D eigenvalue weighted by molar-refractivity contribution is 4.94. The fourth-order valence-electron chi connectivity index (χ4n) is 4.35. The first kappa shape index (κ1) is 16.3. The van der Waals surface area contributed by atoms with Gasteiger partial charge in [-0.15, -0.1) is 0 Å². The average Bonchev–Trinajstić information content (AvgIpc) is 2.42. The second-order valence-electron chi connectivity index (χ2n) is 8.01. The van der Waals surface area contributed by atoms with E-state index in [0.717, 1.165) is 17.4 Å². The number of hydrogen-bond donors (Lipinski definition) is 0. The third-order valence-electron chi connectivity index (χ3n) is 5.73. The number of likely N-dealkylation sites (tertiary alicyclic amines) is 2. The van der Waals surface area contributed by atoms with E-state index < -0.39 is 0 Å². The molecule has 3 fully saturated rings. The highest BCUT2D eigenvalue weighted by Gasteiger charge is 2.42. The maximum atomic E-state index is 2.56. The third-order valence-corrected chi connectivity index (χ3v) is 5.73. The van der Waals surface area contributed by atoms with E-state index in [1.54, 1.807) is 0 Å². The number of rotatable bonds is 1. The Kier molecular flexibility index (Phi) is 5.92. The van der Waals surface area contributed by atoms with E-state index in [4.69, 9.17) is 0 Å². The number of piperidine rings is 2. The first-order valence-electron chi connectivity index (χ1n) is 8.93. The minimum Gasteiger partial charge on any atom is -0.306 e. The van der Waals surface area contributed by atoms with Crippen molar-refractivity contribution in [1.82, 2.24) is 9.80 Å². The average molecular weight is 281 g/mol. The summed E-state index contributed by atoms with van der Waals surface area (Å²) < 4.78 is 0. The summed E-state index contributed by atoms with van der Waals surface area (Å²) in [6.45, 7) is 12.3. The molecule has 0 unspecified atom stereocenters. The molecule has 0 aromatic heterocycles. The van der Waals surface area contributed by atoms with Crippen LogP contribution in [0.2, 0.25) is 0 Å². The smallest absolute Gasteiger partial charge is 0.00385 e. The molecule has 2 nitrogen and oxygen atoms in total. The molecule has 0 amide bonds.